The molecule has 2 aromatic rings. The molecule has 0 aliphatic heterocycles. The molecule has 2 N–H and O–H groups in total. The van der Waals surface area contributed by atoms with E-state index in [-0.39, 0.29) is 6.04 Å². The van der Waals surface area contributed by atoms with Gasteiger partial charge in [0.25, 0.3) is 0 Å². The highest BCUT2D eigenvalue weighted by molar-refractivity contribution is 7.10. The molecule has 0 radical (unpaired) electrons. The average Bonchev–Trinajstić information content (AvgIpc) is 2.72. The van der Waals surface area contributed by atoms with E-state index in [2.05, 4.69) is 30.6 Å². The van der Waals surface area contributed by atoms with Gasteiger partial charge in [-0.1, -0.05) is 12.1 Å². The van der Waals surface area contributed by atoms with Gasteiger partial charge in [-0.2, -0.15) is 0 Å². The Balaban J connectivity index is 2.03. The van der Waals surface area contributed by atoms with E-state index in [0.717, 1.165) is 17.7 Å². The van der Waals surface area contributed by atoms with Gasteiger partial charge < -0.3 is 10.4 Å². The van der Waals surface area contributed by atoms with E-state index in [1.807, 2.05) is 25.1 Å². The minimum absolute atomic E-state index is 0.145. The third-order valence-electron chi connectivity index (χ3n) is 3.19. The van der Waals surface area contributed by atoms with E-state index in [9.17, 15) is 5.11 Å². The summed E-state index contributed by atoms with van der Waals surface area (Å²) < 4.78 is 0. The normalized spacial score (nSPS) is 12.6. The van der Waals surface area contributed by atoms with Crippen LogP contribution in [0.2, 0.25) is 0 Å². The second-order valence-corrected chi connectivity index (χ2v) is 5.69. The van der Waals surface area contributed by atoms with Gasteiger partial charge in [0.2, 0.25) is 0 Å². The first-order valence-electron chi connectivity index (χ1n) is 6.14. The lowest BCUT2D eigenvalue weighted by atomic mass is 10.0. The van der Waals surface area contributed by atoms with E-state index >= 15 is 0 Å². The van der Waals surface area contributed by atoms with Crippen LogP contribution in [0.25, 0.3) is 0 Å². The van der Waals surface area contributed by atoms with E-state index < -0.39 is 0 Å². The number of phenols is 1. The summed E-state index contributed by atoms with van der Waals surface area (Å²) in [5.74, 6) is 0.373. The molecule has 0 amide bonds. The topological polar surface area (TPSA) is 32.3 Å². The van der Waals surface area contributed by atoms with Crippen LogP contribution in [0.15, 0.2) is 29.6 Å². The number of aryl methyl sites for hydroxylation is 2. The van der Waals surface area contributed by atoms with Gasteiger partial charge in [0.15, 0.2) is 0 Å². The Morgan fingerprint density at radius 1 is 1.28 bits per heavy atom. The van der Waals surface area contributed by atoms with Crippen molar-refractivity contribution in [1.82, 2.24) is 5.32 Å². The van der Waals surface area contributed by atoms with Crippen molar-refractivity contribution in [3.05, 3.63) is 51.2 Å². The van der Waals surface area contributed by atoms with Gasteiger partial charge in [0.1, 0.15) is 5.75 Å². The zero-order valence-corrected chi connectivity index (χ0v) is 11.8. The maximum absolute atomic E-state index is 9.94. The van der Waals surface area contributed by atoms with Crippen LogP contribution in [0, 0.1) is 13.8 Å². The Kier molecular flexibility index (Phi) is 4.04. The van der Waals surface area contributed by atoms with Crippen LogP contribution >= 0.6 is 11.3 Å². The quantitative estimate of drug-likeness (QED) is 0.874. The lowest BCUT2D eigenvalue weighted by Gasteiger charge is -2.16. The van der Waals surface area contributed by atoms with Crippen LogP contribution in [0.3, 0.4) is 0 Å². The number of hydrogen-bond donors (Lipinski definition) is 2. The summed E-state index contributed by atoms with van der Waals surface area (Å²) in [7, 11) is 0. The molecule has 1 heterocycles. The molecule has 0 saturated heterocycles. The minimum atomic E-state index is 0.145. The number of rotatable bonds is 4. The molecule has 0 aliphatic carbocycles. The zero-order chi connectivity index (χ0) is 13.1. The number of aromatic hydroxyl groups is 1. The zero-order valence-electron chi connectivity index (χ0n) is 11.0. The van der Waals surface area contributed by atoms with Crippen molar-refractivity contribution in [2.24, 2.45) is 0 Å². The third kappa shape index (κ3) is 2.92. The minimum Gasteiger partial charge on any atom is -0.508 e. The van der Waals surface area contributed by atoms with Crippen LogP contribution in [0.4, 0.5) is 0 Å². The first-order chi connectivity index (χ1) is 8.58. The van der Waals surface area contributed by atoms with Crippen molar-refractivity contribution >= 4 is 11.3 Å². The van der Waals surface area contributed by atoms with Gasteiger partial charge in [-0.15, -0.1) is 11.3 Å². The Bertz CT molecular complexity index is 533. The molecule has 0 fully saturated rings. The van der Waals surface area contributed by atoms with Crippen LogP contribution in [0.1, 0.15) is 34.5 Å². The molecule has 0 bridgehead atoms. The smallest absolute Gasteiger partial charge is 0.120 e. The van der Waals surface area contributed by atoms with Crippen molar-refractivity contribution in [3.63, 3.8) is 0 Å². The van der Waals surface area contributed by atoms with Crippen LogP contribution in [-0.4, -0.2) is 5.11 Å². The van der Waals surface area contributed by atoms with Gasteiger partial charge in [-0.05, 0) is 49.4 Å². The molecule has 2 nitrogen and oxygen atoms in total. The lowest BCUT2D eigenvalue weighted by molar-refractivity contribution is 0.452. The van der Waals surface area contributed by atoms with Crippen molar-refractivity contribution in [3.8, 4) is 5.75 Å². The van der Waals surface area contributed by atoms with Crippen LogP contribution in [-0.2, 0) is 6.54 Å². The molecular weight excluding hydrogens is 242 g/mol. The second-order valence-electron chi connectivity index (χ2n) is 4.69. The fourth-order valence-corrected chi connectivity index (χ4v) is 2.82. The summed E-state index contributed by atoms with van der Waals surface area (Å²) in [6, 6.07) is 8.11. The Morgan fingerprint density at radius 3 is 2.67 bits per heavy atom. The Morgan fingerprint density at radius 2 is 2.06 bits per heavy atom. The Hall–Kier alpha value is -1.32. The van der Waals surface area contributed by atoms with Crippen molar-refractivity contribution in [1.29, 1.82) is 0 Å². The van der Waals surface area contributed by atoms with E-state index in [0.29, 0.717) is 5.75 Å². The molecule has 96 valence electrons. The van der Waals surface area contributed by atoms with Crippen LogP contribution < -0.4 is 5.32 Å². The molecule has 3 heteroatoms. The fourth-order valence-electron chi connectivity index (χ4n) is 1.96. The van der Waals surface area contributed by atoms with Crippen molar-refractivity contribution in [2.75, 3.05) is 0 Å². The standard InChI is InChI=1S/C15H19NOS/c1-10-4-5-13(14(17)8-10)12(3)16-9-15-11(2)6-7-18-15/h4-8,12,16-17H,9H2,1-3H3. The number of phenolic OH excluding ortho intramolecular Hbond substituents is 1. The summed E-state index contributed by atoms with van der Waals surface area (Å²) in [5.41, 5.74) is 3.36. The SMILES string of the molecule is Cc1ccc(C(C)NCc2sccc2C)c(O)c1. The molecule has 0 saturated carbocycles. The van der Waals surface area contributed by atoms with Crippen molar-refractivity contribution in [2.45, 2.75) is 33.4 Å². The predicted molar refractivity (Wildman–Crippen MR) is 77.2 cm³/mol. The van der Waals surface area contributed by atoms with Gasteiger partial charge in [-0.25, -0.2) is 0 Å². The van der Waals surface area contributed by atoms with Crippen LogP contribution in [0.5, 0.6) is 5.75 Å². The highest BCUT2D eigenvalue weighted by Gasteiger charge is 2.10. The van der Waals surface area contributed by atoms with Gasteiger partial charge >= 0.3 is 0 Å². The maximum Gasteiger partial charge on any atom is 0.120 e. The molecule has 1 atom stereocenters. The first kappa shape index (κ1) is 13.1. The van der Waals surface area contributed by atoms with Gasteiger partial charge in [0, 0.05) is 23.0 Å². The number of hydrogen-bond acceptors (Lipinski definition) is 3. The molecule has 1 aromatic heterocycles. The summed E-state index contributed by atoms with van der Waals surface area (Å²) in [5, 5.41) is 15.5. The first-order valence-corrected chi connectivity index (χ1v) is 7.01. The molecule has 0 spiro atoms. The number of benzene rings is 1. The molecule has 18 heavy (non-hydrogen) atoms. The Labute approximate surface area is 112 Å². The maximum atomic E-state index is 9.94. The highest BCUT2D eigenvalue weighted by Crippen LogP contribution is 2.25. The molecule has 1 aromatic carbocycles. The molecule has 1 unspecified atom stereocenters. The summed E-state index contributed by atoms with van der Waals surface area (Å²) in [6.07, 6.45) is 0. The number of thiophene rings is 1. The third-order valence-corrected chi connectivity index (χ3v) is 4.21. The van der Waals surface area contributed by atoms with Gasteiger partial charge in [0.05, 0.1) is 0 Å². The van der Waals surface area contributed by atoms with Crippen molar-refractivity contribution < 1.29 is 5.11 Å². The molecule has 0 aliphatic rings. The largest absolute Gasteiger partial charge is 0.508 e. The monoisotopic (exact) mass is 261 g/mol. The summed E-state index contributed by atoms with van der Waals surface area (Å²) in [4.78, 5) is 1.36. The lowest BCUT2D eigenvalue weighted by Crippen LogP contribution is -2.18. The fraction of sp³-hybridized carbons (Fsp3) is 0.333. The molecule has 2 rings (SSSR count). The second kappa shape index (κ2) is 5.55. The predicted octanol–water partition coefficient (Wildman–Crippen LogP) is 3.92. The highest BCUT2D eigenvalue weighted by atomic mass is 32.1. The summed E-state index contributed by atoms with van der Waals surface area (Å²) in [6.45, 7) is 7.03. The van der Waals surface area contributed by atoms with Gasteiger partial charge in [-0.3, -0.25) is 0 Å². The van der Waals surface area contributed by atoms with E-state index in [1.165, 1.54) is 10.4 Å². The molecular formula is C15H19NOS. The van der Waals surface area contributed by atoms with E-state index in [4.69, 9.17) is 0 Å². The number of nitrogens with one attached hydrogen (secondary N) is 1. The average molecular weight is 261 g/mol. The summed E-state index contributed by atoms with van der Waals surface area (Å²) >= 11 is 1.77. The van der Waals surface area contributed by atoms with E-state index in [1.54, 1.807) is 11.3 Å².